The van der Waals surface area contributed by atoms with Crippen LogP contribution in [0, 0.1) is 0 Å². The van der Waals surface area contributed by atoms with E-state index in [2.05, 4.69) is 15.5 Å². The van der Waals surface area contributed by atoms with Gasteiger partial charge in [-0.1, -0.05) is 53.7 Å². The number of carbonyl (C=O) groups is 3. The molecule has 1 saturated heterocycles. The quantitative estimate of drug-likeness (QED) is 0.103. The van der Waals surface area contributed by atoms with Gasteiger partial charge in [0.05, 0.1) is 7.11 Å². The normalized spacial score (nSPS) is 18.1. The lowest BCUT2D eigenvalue weighted by Crippen LogP contribution is -2.71. The van der Waals surface area contributed by atoms with Gasteiger partial charge in [0, 0.05) is 17.0 Å². The second-order valence-electron chi connectivity index (χ2n) is 9.56. The van der Waals surface area contributed by atoms with Crippen LogP contribution in [0.15, 0.2) is 76.4 Å². The van der Waals surface area contributed by atoms with Crippen molar-refractivity contribution < 1.29 is 28.7 Å². The smallest absolute Gasteiger partial charge is 0.355 e. The third-order valence-electron chi connectivity index (χ3n) is 6.78. The zero-order valence-electron chi connectivity index (χ0n) is 23.7. The van der Waals surface area contributed by atoms with Crippen LogP contribution < -0.4 is 15.8 Å². The first kappa shape index (κ1) is 31.1. The number of carbonyl (C=O) groups excluding carboxylic acids is 3. The maximum Gasteiger partial charge on any atom is 0.355 e. The van der Waals surface area contributed by atoms with Crippen LogP contribution in [0.5, 0.6) is 5.75 Å². The highest BCUT2D eigenvalue weighted by molar-refractivity contribution is 8.00. The van der Waals surface area contributed by atoms with E-state index < -0.39 is 29.2 Å². The fourth-order valence-electron chi connectivity index (χ4n) is 4.52. The van der Waals surface area contributed by atoms with Gasteiger partial charge in [-0.2, -0.15) is 0 Å². The number of nitrogen functional groups attached to an aromatic ring is 1. The van der Waals surface area contributed by atoms with E-state index in [0.29, 0.717) is 23.0 Å². The number of esters is 1. The Morgan fingerprint density at radius 1 is 1.14 bits per heavy atom. The number of rotatable bonds is 11. The van der Waals surface area contributed by atoms with E-state index in [4.69, 9.17) is 31.6 Å². The Balaban J connectivity index is 1.38. The number of nitrogens with zero attached hydrogens (tertiary/aromatic N) is 3. The number of halogens is 1. The van der Waals surface area contributed by atoms with Crippen LogP contribution in [-0.2, 0) is 36.4 Å². The molecule has 11 nitrogen and oxygen atoms in total. The lowest BCUT2D eigenvalue weighted by molar-refractivity contribution is -0.153. The number of ether oxygens (including phenoxy) is 2. The summed E-state index contributed by atoms with van der Waals surface area (Å²) in [6.45, 7) is -0.00315. The van der Waals surface area contributed by atoms with Gasteiger partial charge in [-0.05, 0) is 34.4 Å². The number of benzene rings is 2. The molecule has 2 amide bonds. The van der Waals surface area contributed by atoms with Crippen LogP contribution in [-0.4, -0.2) is 64.8 Å². The molecule has 3 N–H and O–H groups in total. The molecule has 1 fully saturated rings. The van der Waals surface area contributed by atoms with Crippen molar-refractivity contribution in [3.8, 4) is 5.75 Å². The minimum atomic E-state index is -0.913. The Hall–Kier alpha value is -4.33. The number of nitrogens with one attached hydrogen (secondary N) is 1. The molecule has 2 aliphatic rings. The fraction of sp³-hybridized carbons (Fsp3) is 0.233. The van der Waals surface area contributed by atoms with E-state index in [9.17, 15) is 14.4 Å². The van der Waals surface area contributed by atoms with E-state index in [1.165, 1.54) is 23.8 Å². The van der Waals surface area contributed by atoms with Gasteiger partial charge < -0.3 is 25.4 Å². The monoisotopic (exact) mass is 653 g/mol. The SMILES string of the molecule is CO/N=C(\C(=O)N[C@@H]1C(=O)N2C(C(=O)OCc3ccc(OC)cc3)=C(/C=C/c3ccc(CCl)cc3)CS[C@H]12)c1csc(N)n1. The predicted molar refractivity (Wildman–Crippen MR) is 170 cm³/mol. The highest BCUT2D eigenvalue weighted by Crippen LogP contribution is 2.41. The van der Waals surface area contributed by atoms with Crippen molar-refractivity contribution in [3.05, 3.63) is 93.6 Å². The molecule has 0 radical (unpaired) electrons. The number of β-lactam (4-membered cyclic amide) rings is 1. The van der Waals surface area contributed by atoms with E-state index in [0.717, 1.165) is 28.0 Å². The summed E-state index contributed by atoms with van der Waals surface area (Å²) in [7, 11) is 2.87. The molecular weight excluding hydrogens is 626 g/mol. The Bertz CT molecular complexity index is 1640. The third kappa shape index (κ3) is 6.74. The first-order valence-electron chi connectivity index (χ1n) is 13.3. The summed E-state index contributed by atoms with van der Waals surface area (Å²) in [5.74, 6) is -0.291. The number of oxime groups is 1. The van der Waals surface area contributed by atoms with Gasteiger partial charge in [-0.25, -0.2) is 9.78 Å². The maximum absolute atomic E-state index is 13.5. The van der Waals surface area contributed by atoms with Crippen molar-refractivity contribution in [1.82, 2.24) is 15.2 Å². The molecule has 5 rings (SSSR count). The minimum Gasteiger partial charge on any atom is -0.497 e. The molecule has 44 heavy (non-hydrogen) atoms. The van der Waals surface area contributed by atoms with Crippen molar-refractivity contribution >= 4 is 69.4 Å². The number of hydrogen-bond donors (Lipinski definition) is 2. The molecule has 0 unspecified atom stereocenters. The van der Waals surface area contributed by atoms with Gasteiger partial charge in [-0.15, -0.1) is 34.7 Å². The molecule has 0 saturated carbocycles. The van der Waals surface area contributed by atoms with Crippen LogP contribution in [0.25, 0.3) is 6.08 Å². The van der Waals surface area contributed by atoms with Crippen molar-refractivity contribution in [2.75, 3.05) is 25.7 Å². The maximum atomic E-state index is 13.5. The summed E-state index contributed by atoms with van der Waals surface area (Å²) in [6.07, 6.45) is 3.67. The van der Waals surface area contributed by atoms with Crippen LogP contribution in [0.2, 0.25) is 0 Å². The number of aromatic nitrogens is 1. The van der Waals surface area contributed by atoms with Crippen molar-refractivity contribution in [3.63, 3.8) is 0 Å². The molecule has 3 aromatic rings. The number of anilines is 1. The molecule has 14 heteroatoms. The molecule has 3 heterocycles. The number of hydrogen-bond acceptors (Lipinski definition) is 11. The van der Waals surface area contributed by atoms with E-state index in [1.807, 2.05) is 30.3 Å². The summed E-state index contributed by atoms with van der Waals surface area (Å²) in [4.78, 5) is 50.5. The largest absolute Gasteiger partial charge is 0.497 e. The number of methoxy groups -OCH3 is 1. The second-order valence-corrected chi connectivity index (χ2v) is 11.8. The Morgan fingerprint density at radius 2 is 1.86 bits per heavy atom. The number of amides is 2. The van der Waals surface area contributed by atoms with Crippen molar-refractivity contribution in [1.29, 1.82) is 0 Å². The van der Waals surface area contributed by atoms with Crippen molar-refractivity contribution in [2.24, 2.45) is 5.16 Å². The molecule has 1 aromatic heterocycles. The first-order chi connectivity index (χ1) is 21.3. The summed E-state index contributed by atoms with van der Waals surface area (Å²) in [5, 5.41) is 7.78. The molecule has 0 aliphatic carbocycles. The second kappa shape index (κ2) is 14.0. The topological polar surface area (TPSA) is 145 Å². The van der Waals surface area contributed by atoms with Crippen molar-refractivity contribution in [2.45, 2.75) is 23.9 Å². The van der Waals surface area contributed by atoms with Gasteiger partial charge in [0.1, 0.15) is 42.3 Å². The number of fused-ring (bicyclic) bond motifs is 1. The summed E-state index contributed by atoms with van der Waals surface area (Å²) in [5.41, 5.74) is 9.21. The fourth-order valence-corrected chi connectivity index (χ4v) is 6.56. The lowest BCUT2D eigenvalue weighted by atomic mass is 10.0. The van der Waals surface area contributed by atoms with Crippen LogP contribution in [0.3, 0.4) is 0 Å². The van der Waals surface area contributed by atoms with Gasteiger partial charge in [0.25, 0.3) is 11.8 Å². The molecule has 2 aromatic carbocycles. The Morgan fingerprint density at radius 3 is 2.50 bits per heavy atom. The highest BCUT2D eigenvalue weighted by Gasteiger charge is 2.54. The number of thioether (sulfide) groups is 1. The first-order valence-corrected chi connectivity index (χ1v) is 15.7. The summed E-state index contributed by atoms with van der Waals surface area (Å²) in [6, 6.07) is 13.9. The highest BCUT2D eigenvalue weighted by atomic mass is 35.5. The summed E-state index contributed by atoms with van der Waals surface area (Å²) >= 11 is 8.47. The van der Waals surface area contributed by atoms with Gasteiger partial charge in [0.15, 0.2) is 10.8 Å². The average molecular weight is 654 g/mol. The predicted octanol–water partition coefficient (Wildman–Crippen LogP) is 3.93. The average Bonchev–Trinajstić information content (AvgIpc) is 3.49. The molecule has 2 aliphatic heterocycles. The van der Waals surface area contributed by atoms with Gasteiger partial charge in [-0.3, -0.25) is 14.5 Å². The number of thiazole rings is 1. The van der Waals surface area contributed by atoms with Gasteiger partial charge in [0.2, 0.25) is 0 Å². The lowest BCUT2D eigenvalue weighted by Gasteiger charge is -2.49. The minimum absolute atomic E-state index is 0.00315. The zero-order chi connectivity index (χ0) is 31.2. The zero-order valence-corrected chi connectivity index (χ0v) is 26.1. The van der Waals surface area contributed by atoms with Crippen LogP contribution in [0.4, 0.5) is 5.13 Å². The van der Waals surface area contributed by atoms with E-state index in [1.54, 1.807) is 42.8 Å². The Labute approximate surface area is 266 Å². The molecule has 0 bridgehead atoms. The van der Waals surface area contributed by atoms with Crippen LogP contribution in [0.1, 0.15) is 22.4 Å². The summed E-state index contributed by atoms with van der Waals surface area (Å²) < 4.78 is 10.9. The molecule has 228 valence electrons. The number of allylic oxidation sites excluding steroid dienone is 1. The number of nitrogens with two attached hydrogens (primary N) is 1. The Kier molecular flexibility index (Phi) is 9.88. The van der Waals surface area contributed by atoms with Crippen LogP contribution >= 0.6 is 34.7 Å². The molecule has 0 spiro atoms. The standard InChI is InChI=1S/C30H28ClN5O6S2/c1-40-21-11-8-19(9-12-21)14-42-29(39)25-20(10-7-17-3-5-18(13-31)6-4-17)15-43-28-24(27(38)36(25)28)34-26(37)23(35-41-2)22-16-44-30(32)33-22/h3-12,16,24,28H,13-15H2,1-2H3,(H2,32,33)(H,34,37)/b10-7+,35-23-/t24-,28-/m1/s1. The van der Waals surface area contributed by atoms with E-state index >= 15 is 0 Å². The van der Waals surface area contributed by atoms with E-state index in [-0.39, 0.29) is 28.8 Å². The van der Waals surface area contributed by atoms with Gasteiger partial charge >= 0.3 is 5.97 Å². The molecular formula is C30H28ClN5O6S2. The molecule has 2 atom stereocenters. The number of alkyl halides is 1. The third-order valence-corrected chi connectivity index (χ3v) is 9.06.